The van der Waals surface area contributed by atoms with Gasteiger partial charge in [0.1, 0.15) is 17.1 Å². The standard InChI is InChI=1S/C17H25NO2/c1-11-6-7-17(12(2)8-11)10-15(18)14-5-4-13(19-3)9-16(14)20-17/h4-5,9,11-12,15H,6-8,10,18H2,1-3H3/t11?,12?,15-,17?/m0/s1. The largest absolute Gasteiger partial charge is 0.497 e. The first-order valence-electron chi connectivity index (χ1n) is 7.66. The fourth-order valence-corrected chi connectivity index (χ4v) is 3.91. The van der Waals surface area contributed by atoms with Crippen molar-refractivity contribution in [3.8, 4) is 11.5 Å². The number of benzene rings is 1. The zero-order chi connectivity index (χ0) is 14.3. The number of ether oxygens (including phenoxy) is 2. The second-order valence-corrected chi connectivity index (χ2v) is 6.66. The molecule has 3 unspecified atom stereocenters. The highest BCUT2D eigenvalue weighted by Crippen LogP contribution is 2.49. The number of methoxy groups -OCH3 is 1. The molecule has 1 aliphatic carbocycles. The minimum atomic E-state index is -0.0781. The SMILES string of the molecule is COc1ccc2c(c1)OC1(CCC(C)CC1C)C[C@@H]2N. The van der Waals surface area contributed by atoms with E-state index in [1.54, 1.807) is 7.11 Å². The van der Waals surface area contributed by atoms with Crippen LogP contribution in [0.15, 0.2) is 18.2 Å². The smallest absolute Gasteiger partial charge is 0.128 e. The topological polar surface area (TPSA) is 44.5 Å². The molecule has 3 heteroatoms. The van der Waals surface area contributed by atoms with Crippen molar-refractivity contribution in [2.45, 2.75) is 51.2 Å². The van der Waals surface area contributed by atoms with Gasteiger partial charge in [0.2, 0.25) is 0 Å². The van der Waals surface area contributed by atoms with Crippen molar-refractivity contribution in [1.29, 1.82) is 0 Å². The molecule has 1 aromatic carbocycles. The summed E-state index contributed by atoms with van der Waals surface area (Å²) in [5.41, 5.74) is 7.45. The van der Waals surface area contributed by atoms with E-state index in [1.807, 2.05) is 18.2 Å². The van der Waals surface area contributed by atoms with Gasteiger partial charge in [0, 0.05) is 24.1 Å². The lowest BCUT2D eigenvalue weighted by Gasteiger charge is -2.49. The minimum absolute atomic E-state index is 0.0699. The van der Waals surface area contributed by atoms with E-state index in [4.69, 9.17) is 15.2 Å². The van der Waals surface area contributed by atoms with Crippen LogP contribution in [0.4, 0.5) is 0 Å². The van der Waals surface area contributed by atoms with Crippen LogP contribution in [-0.4, -0.2) is 12.7 Å². The highest BCUT2D eigenvalue weighted by Gasteiger charge is 2.46. The molecule has 2 aliphatic rings. The molecule has 0 radical (unpaired) electrons. The van der Waals surface area contributed by atoms with E-state index in [9.17, 15) is 0 Å². The van der Waals surface area contributed by atoms with Crippen molar-refractivity contribution in [3.05, 3.63) is 23.8 Å². The lowest BCUT2D eigenvalue weighted by atomic mass is 9.68. The maximum absolute atomic E-state index is 6.47. The van der Waals surface area contributed by atoms with Crippen LogP contribution >= 0.6 is 0 Å². The van der Waals surface area contributed by atoms with Gasteiger partial charge in [-0.25, -0.2) is 0 Å². The molecule has 1 spiro atoms. The normalized spacial score (nSPS) is 36.3. The summed E-state index contributed by atoms with van der Waals surface area (Å²) in [5, 5.41) is 0. The van der Waals surface area contributed by atoms with Crippen molar-refractivity contribution in [2.75, 3.05) is 7.11 Å². The fraction of sp³-hybridized carbons (Fsp3) is 0.647. The molecule has 0 amide bonds. The van der Waals surface area contributed by atoms with Gasteiger partial charge in [-0.2, -0.15) is 0 Å². The monoisotopic (exact) mass is 275 g/mol. The van der Waals surface area contributed by atoms with Gasteiger partial charge in [-0.05, 0) is 37.2 Å². The average molecular weight is 275 g/mol. The summed E-state index contributed by atoms with van der Waals surface area (Å²) in [5.74, 6) is 3.10. The third kappa shape index (κ3) is 2.18. The molecule has 3 nitrogen and oxygen atoms in total. The van der Waals surface area contributed by atoms with E-state index in [2.05, 4.69) is 13.8 Å². The number of nitrogens with two attached hydrogens (primary N) is 1. The zero-order valence-corrected chi connectivity index (χ0v) is 12.7. The molecule has 4 atom stereocenters. The van der Waals surface area contributed by atoms with Gasteiger partial charge < -0.3 is 15.2 Å². The van der Waals surface area contributed by atoms with E-state index < -0.39 is 0 Å². The van der Waals surface area contributed by atoms with Crippen molar-refractivity contribution >= 4 is 0 Å². The summed E-state index contributed by atoms with van der Waals surface area (Å²) in [6.45, 7) is 4.65. The fourth-order valence-electron chi connectivity index (χ4n) is 3.91. The van der Waals surface area contributed by atoms with Crippen LogP contribution in [0.3, 0.4) is 0 Å². The molecule has 1 heterocycles. The van der Waals surface area contributed by atoms with Crippen LogP contribution in [-0.2, 0) is 0 Å². The molecule has 1 fully saturated rings. The second kappa shape index (κ2) is 4.96. The number of rotatable bonds is 1. The Kier molecular flexibility index (Phi) is 3.41. The molecule has 110 valence electrons. The van der Waals surface area contributed by atoms with Gasteiger partial charge in [-0.15, -0.1) is 0 Å². The summed E-state index contributed by atoms with van der Waals surface area (Å²) in [4.78, 5) is 0. The summed E-state index contributed by atoms with van der Waals surface area (Å²) in [6, 6.07) is 6.07. The summed E-state index contributed by atoms with van der Waals surface area (Å²) in [6.07, 6.45) is 4.50. The van der Waals surface area contributed by atoms with Crippen LogP contribution in [0.5, 0.6) is 11.5 Å². The van der Waals surface area contributed by atoms with Gasteiger partial charge in [0.05, 0.1) is 7.11 Å². The van der Waals surface area contributed by atoms with Crippen LogP contribution in [0.25, 0.3) is 0 Å². The van der Waals surface area contributed by atoms with Crippen molar-refractivity contribution in [1.82, 2.24) is 0 Å². The van der Waals surface area contributed by atoms with E-state index >= 15 is 0 Å². The Balaban J connectivity index is 1.94. The Morgan fingerprint density at radius 2 is 2.15 bits per heavy atom. The molecule has 0 saturated heterocycles. The van der Waals surface area contributed by atoms with Crippen molar-refractivity contribution < 1.29 is 9.47 Å². The maximum Gasteiger partial charge on any atom is 0.128 e. The van der Waals surface area contributed by atoms with E-state index in [1.165, 1.54) is 12.8 Å². The van der Waals surface area contributed by atoms with Gasteiger partial charge in [0.25, 0.3) is 0 Å². The third-order valence-corrected chi connectivity index (χ3v) is 5.21. The molecule has 0 bridgehead atoms. The Morgan fingerprint density at radius 1 is 1.35 bits per heavy atom. The molecule has 3 rings (SSSR count). The third-order valence-electron chi connectivity index (χ3n) is 5.21. The lowest BCUT2D eigenvalue weighted by Crippen LogP contribution is -2.50. The lowest BCUT2D eigenvalue weighted by molar-refractivity contribution is -0.0520. The quantitative estimate of drug-likeness (QED) is 0.850. The average Bonchev–Trinajstić information content (AvgIpc) is 2.43. The van der Waals surface area contributed by atoms with Gasteiger partial charge >= 0.3 is 0 Å². The Labute approximate surface area is 121 Å². The first-order valence-corrected chi connectivity index (χ1v) is 7.66. The molecule has 20 heavy (non-hydrogen) atoms. The van der Waals surface area contributed by atoms with Gasteiger partial charge in [0.15, 0.2) is 0 Å². The van der Waals surface area contributed by atoms with Crippen LogP contribution < -0.4 is 15.2 Å². The van der Waals surface area contributed by atoms with E-state index in [-0.39, 0.29) is 11.6 Å². The molecule has 2 N–H and O–H groups in total. The number of fused-ring (bicyclic) bond motifs is 1. The maximum atomic E-state index is 6.47. The molecule has 1 aliphatic heterocycles. The van der Waals surface area contributed by atoms with Gasteiger partial charge in [-0.1, -0.05) is 19.9 Å². The minimum Gasteiger partial charge on any atom is -0.497 e. The van der Waals surface area contributed by atoms with Crippen LogP contribution in [0, 0.1) is 11.8 Å². The van der Waals surface area contributed by atoms with Crippen molar-refractivity contribution in [3.63, 3.8) is 0 Å². The predicted octanol–water partition coefficient (Wildman–Crippen LogP) is 3.67. The summed E-state index contributed by atoms with van der Waals surface area (Å²) >= 11 is 0. The molecular formula is C17H25NO2. The summed E-state index contributed by atoms with van der Waals surface area (Å²) in [7, 11) is 1.69. The highest BCUT2D eigenvalue weighted by atomic mass is 16.5. The molecule has 1 aromatic rings. The van der Waals surface area contributed by atoms with Crippen molar-refractivity contribution in [2.24, 2.45) is 17.6 Å². The van der Waals surface area contributed by atoms with Gasteiger partial charge in [-0.3, -0.25) is 0 Å². The second-order valence-electron chi connectivity index (χ2n) is 6.66. The molecule has 1 saturated carbocycles. The predicted molar refractivity (Wildman–Crippen MR) is 80.1 cm³/mol. The molecular weight excluding hydrogens is 250 g/mol. The zero-order valence-electron chi connectivity index (χ0n) is 12.7. The first kappa shape index (κ1) is 13.7. The number of hydrogen-bond donors (Lipinski definition) is 1. The summed E-state index contributed by atoms with van der Waals surface area (Å²) < 4.78 is 11.8. The first-order chi connectivity index (χ1) is 9.54. The Hall–Kier alpha value is -1.22. The van der Waals surface area contributed by atoms with Crippen LogP contribution in [0.2, 0.25) is 0 Å². The Morgan fingerprint density at radius 3 is 2.85 bits per heavy atom. The highest BCUT2D eigenvalue weighted by molar-refractivity contribution is 5.44. The van der Waals surface area contributed by atoms with E-state index in [0.29, 0.717) is 5.92 Å². The number of hydrogen-bond acceptors (Lipinski definition) is 3. The van der Waals surface area contributed by atoms with E-state index in [0.717, 1.165) is 35.8 Å². The molecule has 0 aromatic heterocycles. The Bertz CT molecular complexity index is 502. The van der Waals surface area contributed by atoms with Crippen LogP contribution in [0.1, 0.15) is 51.1 Å².